The number of anilines is 1. The zero-order chi connectivity index (χ0) is 13.8. The number of rotatable bonds is 4. The number of hydrogen-bond acceptors (Lipinski definition) is 4. The molecular formula is C14H16BrN3O. The third-order valence-electron chi connectivity index (χ3n) is 2.73. The molecule has 0 saturated heterocycles. The molecule has 5 heteroatoms. The summed E-state index contributed by atoms with van der Waals surface area (Å²) in [7, 11) is 0. The number of hydrogen-bond donors (Lipinski definition) is 1. The van der Waals surface area contributed by atoms with Crippen LogP contribution in [0.5, 0.6) is 0 Å². The molecule has 0 aliphatic rings. The minimum Gasteiger partial charge on any atom is -0.383 e. The van der Waals surface area contributed by atoms with E-state index < -0.39 is 0 Å². The molecule has 0 amide bonds. The van der Waals surface area contributed by atoms with Gasteiger partial charge in [-0.05, 0) is 35.3 Å². The third kappa shape index (κ3) is 3.11. The topological polar surface area (TPSA) is 61.0 Å². The largest absolute Gasteiger partial charge is 0.383 e. The van der Waals surface area contributed by atoms with Crippen molar-refractivity contribution in [1.82, 2.24) is 9.97 Å². The molecule has 0 radical (unpaired) electrons. The first-order valence-electron chi connectivity index (χ1n) is 6.09. The molecular weight excluding hydrogens is 306 g/mol. The average molecular weight is 322 g/mol. The van der Waals surface area contributed by atoms with Crippen LogP contribution in [0.1, 0.15) is 30.1 Å². The Balaban J connectivity index is 2.45. The molecule has 2 N–H and O–H groups in total. The predicted molar refractivity (Wildman–Crippen MR) is 78.8 cm³/mol. The van der Waals surface area contributed by atoms with E-state index >= 15 is 0 Å². The van der Waals surface area contributed by atoms with Crippen LogP contribution in [0.3, 0.4) is 0 Å². The van der Waals surface area contributed by atoms with E-state index in [-0.39, 0.29) is 6.10 Å². The Labute approximate surface area is 121 Å². The molecule has 0 fully saturated rings. The lowest BCUT2D eigenvalue weighted by Gasteiger charge is -2.17. The van der Waals surface area contributed by atoms with Crippen molar-refractivity contribution in [3.05, 3.63) is 51.9 Å². The summed E-state index contributed by atoms with van der Waals surface area (Å²) in [6.07, 6.45) is -0.291. The van der Waals surface area contributed by atoms with Crippen LogP contribution in [0.15, 0.2) is 34.8 Å². The van der Waals surface area contributed by atoms with Crippen LogP contribution in [-0.2, 0) is 4.74 Å². The second-order valence-corrected chi connectivity index (χ2v) is 4.91. The maximum atomic E-state index is 5.88. The highest BCUT2D eigenvalue weighted by Crippen LogP contribution is 2.27. The van der Waals surface area contributed by atoms with Gasteiger partial charge in [0.05, 0.1) is 10.2 Å². The lowest BCUT2D eigenvalue weighted by Crippen LogP contribution is -2.13. The van der Waals surface area contributed by atoms with Crippen LogP contribution < -0.4 is 5.73 Å². The second-order valence-electron chi connectivity index (χ2n) is 4.11. The van der Waals surface area contributed by atoms with Crippen LogP contribution >= 0.6 is 15.9 Å². The molecule has 1 aromatic carbocycles. The van der Waals surface area contributed by atoms with E-state index in [9.17, 15) is 0 Å². The van der Waals surface area contributed by atoms with Gasteiger partial charge in [0.2, 0.25) is 0 Å². The van der Waals surface area contributed by atoms with Gasteiger partial charge < -0.3 is 10.5 Å². The molecule has 0 aliphatic heterocycles. The van der Waals surface area contributed by atoms with E-state index in [1.165, 1.54) is 0 Å². The van der Waals surface area contributed by atoms with Crippen molar-refractivity contribution in [2.24, 2.45) is 0 Å². The van der Waals surface area contributed by atoms with Crippen LogP contribution in [0.2, 0.25) is 0 Å². The average Bonchev–Trinajstić information content (AvgIpc) is 2.42. The van der Waals surface area contributed by atoms with Gasteiger partial charge in [0.15, 0.2) is 5.82 Å². The van der Waals surface area contributed by atoms with Gasteiger partial charge in [0, 0.05) is 6.61 Å². The minimum atomic E-state index is -0.291. The zero-order valence-electron chi connectivity index (χ0n) is 10.9. The van der Waals surface area contributed by atoms with E-state index in [2.05, 4.69) is 25.9 Å². The van der Waals surface area contributed by atoms with Crippen LogP contribution in [-0.4, -0.2) is 16.6 Å². The Bertz CT molecular complexity index is 537. The van der Waals surface area contributed by atoms with Crippen molar-refractivity contribution in [1.29, 1.82) is 0 Å². The highest BCUT2D eigenvalue weighted by atomic mass is 79.9. The van der Waals surface area contributed by atoms with Crippen LogP contribution in [0.4, 0.5) is 5.82 Å². The fourth-order valence-corrected chi connectivity index (χ4v) is 2.01. The third-order valence-corrected chi connectivity index (χ3v) is 3.71. The molecule has 4 nitrogen and oxygen atoms in total. The normalized spacial score (nSPS) is 12.4. The Morgan fingerprint density at radius 2 is 1.95 bits per heavy atom. The van der Waals surface area contributed by atoms with Gasteiger partial charge >= 0.3 is 0 Å². The summed E-state index contributed by atoms with van der Waals surface area (Å²) in [6.45, 7) is 4.42. The van der Waals surface area contributed by atoms with Gasteiger partial charge in [0.25, 0.3) is 0 Å². The molecule has 1 heterocycles. The molecule has 2 aromatic rings. The summed E-state index contributed by atoms with van der Waals surface area (Å²) in [5, 5.41) is 0. The number of nitrogen functional groups attached to an aromatic ring is 1. The van der Waals surface area contributed by atoms with Crippen molar-refractivity contribution in [3.8, 4) is 0 Å². The number of ether oxygens (including phenoxy) is 1. The fourth-order valence-electron chi connectivity index (χ4n) is 1.84. The molecule has 0 aliphatic carbocycles. The number of benzene rings is 1. The zero-order valence-corrected chi connectivity index (χ0v) is 12.5. The summed E-state index contributed by atoms with van der Waals surface area (Å²) in [5.74, 6) is 1.02. The standard InChI is InChI=1S/C14H16BrN3O/c1-3-19-12(10-7-5-4-6-8-10)14-17-9(2)11(15)13(16)18-14/h4-8,12H,3H2,1-2H3,(H2,16,17,18). The molecule has 100 valence electrons. The van der Waals surface area contributed by atoms with Gasteiger partial charge in [-0.15, -0.1) is 0 Å². The Hall–Kier alpha value is -1.46. The number of nitrogens with zero attached hydrogens (tertiary/aromatic N) is 2. The minimum absolute atomic E-state index is 0.291. The molecule has 1 atom stereocenters. The Morgan fingerprint density at radius 3 is 2.53 bits per heavy atom. The molecule has 19 heavy (non-hydrogen) atoms. The van der Waals surface area contributed by atoms with Crippen molar-refractivity contribution in [2.75, 3.05) is 12.3 Å². The SMILES string of the molecule is CCOC(c1ccccc1)c1nc(C)c(Br)c(N)n1. The van der Waals surface area contributed by atoms with Gasteiger partial charge in [-0.25, -0.2) is 9.97 Å². The first-order valence-corrected chi connectivity index (χ1v) is 6.88. The molecule has 0 bridgehead atoms. The van der Waals surface area contributed by atoms with Gasteiger partial charge in [-0.3, -0.25) is 0 Å². The van der Waals surface area contributed by atoms with E-state index in [0.717, 1.165) is 15.7 Å². The van der Waals surface area contributed by atoms with Crippen molar-refractivity contribution in [2.45, 2.75) is 20.0 Å². The molecule has 0 spiro atoms. The van der Waals surface area contributed by atoms with Crippen molar-refractivity contribution < 1.29 is 4.74 Å². The first-order chi connectivity index (χ1) is 9.13. The molecule has 1 aromatic heterocycles. The van der Waals surface area contributed by atoms with Crippen LogP contribution in [0.25, 0.3) is 0 Å². The number of aryl methyl sites for hydroxylation is 1. The van der Waals surface area contributed by atoms with Crippen LogP contribution in [0, 0.1) is 6.92 Å². The second kappa shape index (κ2) is 6.12. The maximum absolute atomic E-state index is 5.88. The summed E-state index contributed by atoms with van der Waals surface area (Å²) in [6, 6.07) is 9.90. The van der Waals surface area contributed by atoms with E-state index in [0.29, 0.717) is 18.2 Å². The first kappa shape index (κ1) is 14.0. The smallest absolute Gasteiger partial charge is 0.164 e. The monoisotopic (exact) mass is 321 g/mol. The van der Waals surface area contributed by atoms with Gasteiger partial charge in [0.1, 0.15) is 11.9 Å². The Kier molecular flexibility index (Phi) is 4.50. The molecule has 1 unspecified atom stereocenters. The van der Waals surface area contributed by atoms with E-state index in [4.69, 9.17) is 10.5 Å². The number of aromatic nitrogens is 2. The lowest BCUT2D eigenvalue weighted by molar-refractivity contribution is 0.0851. The quantitative estimate of drug-likeness (QED) is 0.938. The highest BCUT2D eigenvalue weighted by molar-refractivity contribution is 9.10. The summed E-state index contributed by atoms with van der Waals surface area (Å²) >= 11 is 3.37. The number of nitrogens with two attached hydrogens (primary N) is 1. The van der Waals surface area contributed by atoms with Crippen molar-refractivity contribution in [3.63, 3.8) is 0 Å². The van der Waals surface area contributed by atoms with Gasteiger partial charge in [-0.2, -0.15) is 0 Å². The predicted octanol–water partition coefficient (Wildman–Crippen LogP) is 3.26. The summed E-state index contributed by atoms with van der Waals surface area (Å²) in [5.41, 5.74) is 7.71. The Morgan fingerprint density at radius 1 is 1.26 bits per heavy atom. The number of halogens is 1. The fraction of sp³-hybridized carbons (Fsp3) is 0.286. The summed E-state index contributed by atoms with van der Waals surface area (Å²) < 4.78 is 6.50. The maximum Gasteiger partial charge on any atom is 0.164 e. The molecule has 2 rings (SSSR count). The van der Waals surface area contributed by atoms with E-state index in [1.54, 1.807) is 0 Å². The van der Waals surface area contributed by atoms with Gasteiger partial charge in [-0.1, -0.05) is 30.3 Å². The highest BCUT2D eigenvalue weighted by Gasteiger charge is 2.19. The molecule has 0 saturated carbocycles. The van der Waals surface area contributed by atoms with Crippen molar-refractivity contribution >= 4 is 21.7 Å². The summed E-state index contributed by atoms with van der Waals surface area (Å²) in [4.78, 5) is 8.79. The van der Waals surface area contributed by atoms with E-state index in [1.807, 2.05) is 44.2 Å². The lowest BCUT2D eigenvalue weighted by atomic mass is 10.1.